The molecular weight excluding hydrogens is 287 g/mol. The number of hydrogen-bond donors (Lipinski definition) is 2. The maximum atomic E-state index is 11.0. The number of phosphoric ester groups is 1. The van der Waals surface area contributed by atoms with E-state index in [4.69, 9.17) is 14.3 Å². The van der Waals surface area contributed by atoms with Crippen molar-refractivity contribution in [2.45, 2.75) is 58.8 Å². The lowest BCUT2D eigenvalue weighted by Crippen LogP contribution is -1.99. The molecule has 120 valence electrons. The molecule has 1 rings (SSSR count). The number of benzene rings is 1. The van der Waals surface area contributed by atoms with E-state index in [9.17, 15) is 4.57 Å². The first-order chi connectivity index (χ1) is 9.92. The minimum absolute atomic E-state index is 0.296. The first-order valence-electron chi connectivity index (χ1n) is 7.75. The largest absolute Gasteiger partial charge is 0.524 e. The Morgan fingerprint density at radius 2 is 1.81 bits per heavy atom. The quantitative estimate of drug-likeness (QED) is 0.485. The Morgan fingerprint density at radius 1 is 1.14 bits per heavy atom. The number of hydrogen-bond acceptors (Lipinski definition) is 2. The van der Waals surface area contributed by atoms with Crippen LogP contribution in [-0.4, -0.2) is 9.79 Å². The minimum Gasteiger partial charge on any atom is -0.404 e. The molecule has 21 heavy (non-hydrogen) atoms. The summed E-state index contributed by atoms with van der Waals surface area (Å²) in [5.41, 5.74) is 0.863. The fourth-order valence-electron chi connectivity index (χ4n) is 2.46. The smallest absolute Gasteiger partial charge is 0.404 e. The lowest BCUT2D eigenvalue weighted by atomic mass is 9.96. The van der Waals surface area contributed by atoms with Crippen LogP contribution in [0.15, 0.2) is 24.3 Å². The van der Waals surface area contributed by atoms with Crippen LogP contribution in [0, 0.1) is 5.92 Å². The highest BCUT2D eigenvalue weighted by Crippen LogP contribution is 2.39. The van der Waals surface area contributed by atoms with Gasteiger partial charge in [-0.25, -0.2) is 4.57 Å². The maximum Gasteiger partial charge on any atom is 0.524 e. The average Bonchev–Trinajstić information content (AvgIpc) is 2.39. The highest BCUT2D eigenvalue weighted by Gasteiger charge is 2.17. The Labute approximate surface area is 127 Å². The number of para-hydroxylation sites is 1. The lowest BCUT2D eigenvalue weighted by molar-refractivity contribution is 0.282. The van der Waals surface area contributed by atoms with Gasteiger partial charge in [0.2, 0.25) is 0 Å². The van der Waals surface area contributed by atoms with Crippen LogP contribution < -0.4 is 4.52 Å². The second-order valence-electron chi connectivity index (χ2n) is 5.68. The first-order valence-corrected chi connectivity index (χ1v) is 9.28. The van der Waals surface area contributed by atoms with Crippen molar-refractivity contribution < 1.29 is 18.9 Å². The second-order valence-corrected chi connectivity index (χ2v) is 6.85. The number of rotatable bonds is 10. The van der Waals surface area contributed by atoms with Gasteiger partial charge in [0.25, 0.3) is 0 Å². The van der Waals surface area contributed by atoms with Crippen molar-refractivity contribution in [2.75, 3.05) is 0 Å². The van der Waals surface area contributed by atoms with Gasteiger partial charge in [-0.3, -0.25) is 9.79 Å². The Balaban J connectivity index is 2.43. The van der Waals surface area contributed by atoms with Crippen LogP contribution in [0.25, 0.3) is 0 Å². The fraction of sp³-hybridized carbons (Fsp3) is 0.625. The number of aryl methyl sites for hydroxylation is 1. The average molecular weight is 314 g/mol. The molecule has 0 saturated carbocycles. The summed E-state index contributed by atoms with van der Waals surface area (Å²) in [7, 11) is -4.48. The summed E-state index contributed by atoms with van der Waals surface area (Å²) in [4.78, 5) is 17.8. The molecule has 0 fully saturated rings. The monoisotopic (exact) mass is 314 g/mol. The Kier molecular flexibility index (Phi) is 8.02. The fourth-order valence-corrected chi connectivity index (χ4v) is 2.89. The van der Waals surface area contributed by atoms with Crippen LogP contribution in [0.1, 0.15) is 57.9 Å². The predicted octanol–water partition coefficient (Wildman–Crippen LogP) is 4.70. The summed E-state index contributed by atoms with van der Waals surface area (Å²) in [6.45, 7) is 4.48. The van der Waals surface area contributed by atoms with Crippen LogP contribution in [0.3, 0.4) is 0 Å². The van der Waals surface area contributed by atoms with Gasteiger partial charge in [-0.1, -0.05) is 64.2 Å². The van der Waals surface area contributed by atoms with Crippen molar-refractivity contribution in [3.63, 3.8) is 0 Å². The van der Waals surface area contributed by atoms with E-state index >= 15 is 0 Å². The van der Waals surface area contributed by atoms with Gasteiger partial charge in [-0.15, -0.1) is 0 Å². The van der Waals surface area contributed by atoms with E-state index in [2.05, 4.69) is 13.8 Å². The molecule has 0 spiro atoms. The van der Waals surface area contributed by atoms with Gasteiger partial charge >= 0.3 is 7.82 Å². The topological polar surface area (TPSA) is 66.8 Å². The molecule has 1 aromatic rings. The predicted molar refractivity (Wildman–Crippen MR) is 85.4 cm³/mol. The maximum absolute atomic E-state index is 11.0. The Hall–Kier alpha value is -0.830. The Morgan fingerprint density at radius 3 is 2.48 bits per heavy atom. The SMILES string of the molecule is CCCCCC(C)CCCc1ccccc1OP(=O)(O)O. The van der Waals surface area contributed by atoms with Gasteiger partial charge in [-0.05, 0) is 30.4 Å². The van der Waals surface area contributed by atoms with Gasteiger partial charge < -0.3 is 4.52 Å². The molecule has 1 unspecified atom stereocenters. The molecule has 4 nitrogen and oxygen atoms in total. The summed E-state index contributed by atoms with van der Waals surface area (Å²) in [5, 5.41) is 0. The van der Waals surface area contributed by atoms with Crippen molar-refractivity contribution in [1.29, 1.82) is 0 Å². The van der Waals surface area contributed by atoms with Crippen LogP contribution in [-0.2, 0) is 11.0 Å². The highest BCUT2D eigenvalue weighted by molar-refractivity contribution is 7.46. The zero-order valence-corrected chi connectivity index (χ0v) is 13.9. The molecule has 0 aliphatic heterocycles. The summed E-state index contributed by atoms with van der Waals surface area (Å²) < 4.78 is 15.7. The third-order valence-electron chi connectivity index (χ3n) is 3.63. The molecule has 1 aromatic carbocycles. The van der Waals surface area contributed by atoms with E-state index in [-0.39, 0.29) is 0 Å². The van der Waals surface area contributed by atoms with E-state index in [0.29, 0.717) is 11.7 Å². The molecule has 0 amide bonds. The summed E-state index contributed by atoms with van der Waals surface area (Å²) >= 11 is 0. The van der Waals surface area contributed by atoms with Crippen molar-refractivity contribution in [3.05, 3.63) is 29.8 Å². The zero-order chi connectivity index (χ0) is 15.7. The summed E-state index contributed by atoms with van der Waals surface area (Å²) in [5.74, 6) is 0.996. The highest BCUT2D eigenvalue weighted by atomic mass is 31.2. The number of phosphoric acid groups is 1. The summed E-state index contributed by atoms with van der Waals surface area (Å²) in [6, 6.07) is 7.07. The normalized spacial score (nSPS) is 13.1. The molecule has 0 aliphatic rings. The Bertz CT molecular complexity index is 455. The van der Waals surface area contributed by atoms with E-state index in [1.807, 2.05) is 12.1 Å². The number of unbranched alkanes of at least 4 members (excludes halogenated alkanes) is 2. The molecule has 2 N–H and O–H groups in total. The van der Waals surface area contributed by atoms with Crippen molar-refractivity contribution in [3.8, 4) is 5.75 Å². The molecule has 0 heterocycles. The van der Waals surface area contributed by atoms with Gasteiger partial charge in [0.1, 0.15) is 5.75 Å². The van der Waals surface area contributed by atoms with Crippen LogP contribution >= 0.6 is 7.82 Å². The first kappa shape index (κ1) is 18.2. The lowest BCUT2D eigenvalue weighted by Gasteiger charge is -2.13. The van der Waals surface area contributed by atoms with Crippen molar-refractivity contribution in [2.24, 2.45) is 5.92 Å². The van der Waals surface area contributed by atoms with Gasteiger partial charge in [0, 0.05) is 0 Å². The van der Waals surface area contributed by atoms with E-state index in [1.54, 1.807) is 12.1 Å². The third-order valence-corrected chi connectivity index (χ3v) is 4.07. The van der Waals surface area contributed by atoms with Crippen LogP contribution in [0.4, 0.5) is 0 Å². The van der Waals surface area contributed by atoms with Gasteiger partial charge in [0.15, 0.2) is 0 Å². The molecular formula is C16H27O4P. The molecule has 0 saturated heterocycles. The van der Waals surface area contributed by atoms with Crippen LogP contribution in [0.5, 0.6) is 5.75 Å². The second kappa shape index (κ2) is 9.24. The molecule has 5 heteroatoms. The van der Waals surface area contributed by atoms with E-state index in [0.717, 1.165) is 24.8 Å². The molecule has 0 aromatic heterocycles. The standard InChI is InChI=1S/C16H27O4P/c1-3-4-5-9-14(2)10-8-12-15-11-6-7-13-16(15)20-21(17,18)19/h6-7,11,13-14H,3-5,8-10,12H2,1-2H3,(H2,17,18,19). The van der Waals surface area contributed by atoms with E-state index < -0.39 is 7.82 Å². The van der Waals surface area contributed by atoms with Crippen molar-refractivity contribution >= 4 is 7.82 Å². The molecule has 1 atom stereocenters. The molecule has 0 bridgehead atoms. The zero-order valence-electron chi connectivity index (χ0n) is 13.0. The molecule has 0 radical (unpaired) electrons. The molecule has 0 aliphatic carbocycles. The van der Waals surface area contributed by atoms with E-state index in [1.165, 1.54) is 25.7 Å². The third kappa shape index (κ3) is 8.25. The van der Waals surface area contributed by atoms with Crippen LogP contribution in [0.2, 0.25) is 0 Å². The van der Waals surface area contributed by atoms with Crippen molar-refractivity contribution in [1.82, 2.24) is 0 Å². The minimum atomic E-state index is -4.48. The van der Waals surface area contributed by atoms with Gasteiger partial charge in [0.05, 0.1) is 0 Å². The summed E-state index contributed by atoms with van der Waals surface area (Å²) in [6.07, 6.45) is 8.02. The van der Waals surface area contributed by atoms with Gasteiger partial charge in [-0.2, -0.15) is 0 Å².